The summed E-state index contributed by atoms with van der Waals surface area (Å²) in [6.45, 7) is -0.299. The molecule has 1 amide bonds. The van der Waals surface area contributed by atoms with Crippen LogP contribution in [-0.4, -0.2) is 39.5 Å². The number of rotatable bonds is 6. The van der Waals surface area contributed by atoms with Gasteiger partial charge in [0.15, 0.2) is 0 Å². The molecule has 1 aromatic carbocycles. The molecule has 23 heavy (non-hydrogen) atoms. The molecule has 1 heterocycles. The maximum Gasteiger partial charge on any atom is 0.323 e. The minimum atomic E-state index is -1.03. The molecule has 0 saturated heterocycles. The molecule has 0 radical (unpaired) electrons. The van der Waals surface area contributed by atoms with Crippen LogP contribution in [0.15, 0.2) is 34.9 Å². The van der Waals surface area contributed by atoms with Gasteiger partial charge >= 0.3 is 5.97 Å². The zero-order valence-corrected chi connectivity index (χ0v) is 12.2. The standard InChI is InChI=1S/C16H15FN2O4/c17-11-3-1-10(2-4-11)16-18-12(9-23-16)7-14(20)19(8-15(21)22)13-5-6-13/h1-4,9,13H,5-8H2,(H,21,22). The fraction of sp³-hybridized carbons (Fsp3) is 0.312. The number of hydrogen-bond acceptors (Lipinski definition) is 4. The zero-order chi connectivity index (χ0) is 16.4. The second kappa shape index (κ2) is 6.20. The molecule has 0 spiro atoms. The van der Waals surface area contributed by atoms with Crippen molar-refractivity contribution < 1.29 is 23.5 Å². The van der Waals surface area contributed by atoms with Crippen molar-refractivity contribution in [1.82, 2.24) is 9.88 Å². The highest BCUT2D eigenvalue weighted by Gasteiger charge is 2.34. The van der Waals surface area contributed by atoms with Crippen LogP contribution in [0.2, 0.25) is 0 Å². The molecule has 1 fully saturated rings. The Kier molecular flexibility index (Phi) is 4.10. The number of amides is 1. The van der Waals surface area contributed by atoms with Crippen molar-refractivity contribution in [3.63, 3.8) is 0 Å². The number of benzene rings is 1. The minimum Gasteiger partial charge on any atom is -0.480 e. The van der Waals surface area contributed by atoms with E-state index in [2.05, 4.69) is 4.98 Å². The predicted octanol–water partition coefficient (Wildman–Crippen LogP) is 2.10. The quantitative estimate of drug-likeness (QED) is 0.882. The van der Waals surface area contributed by atoms with E-state index in [9.17, 15) is 14.0 Å². The summed E-state index contributed by atoms with van der Waals surface area (Å²) >= 11 is 0. The Labute approximate surface area is 131 Å². The van der Waals surface area contributed by atoms with Gasteiger partial charge in [0.25, 0.3) is 0 Å². The van der Waals surface area contributed by atoms with Gasteiger partial charge in [-0.3, -0.25) is 9.59 Å². The number of aromatic nitrogens is 1. The number of oxazole rings is 1. The van der Waals surface area contributed by atoms with Crippen LogP contribution in [0.3, 0.4) is 0 Å². The largest absolute Gasteiger partial charge is 0.480 e. The smallest absolute Gasteiger partial charge is 0.323 e. The summed E-state index contributed by atoms with van der Waals surface area (Å²) in [5.74, 6) is -1.38. The van der Waals surface area contributed by atoms with Crippen molar-refractivity contribution in [1.29, 1.82) is 0 Å². The number of carbonyl (C=O) groups excluding carboxylic acids is 1. The van der Waals surface area contributed by atoms with Gasteiger partial charge in [0, 0.05) is 11.6 Å². The maximum atomic E-state index is 12.9. The molecule has 6 nitrogen and oxygen atoms in total. The normalized spacial score (nSPS) is 13.8. The number of carboxylic acid groups (broad SMARTS) is 1. The first-order valence-corrected chi connectivity index (χ1v) is 7.24. The molecule has 1 saturated carbocycles. The summed E-state index contributed by atoms with van der Waals surface area (Å²) in [5.41, 5.74) is 1.03. The second-order valence-corrected chi connectivity index (χ2v) is 5.47. The van der Waals surface area contributed by atoms with E-state index >= 15 is 0 Å². The van der Waals surface area contributed by atoms with Gasteiger partial charge < -0.3 is 14.4 Å². The van der Waals surface area contributed by atoms with Gasteiger partial charge in [0.1, 0.15) is 18.6 Å². The lowest BCUT2D eigenvalue weighted by atomic mass is 10.2. The number of aliphatic carboxylic acids is 1. The Balaban J connectivity index is 1.69. The third kappa shape index (κ3) is 3.74. The van der Waals surface area contributed by atoms with Crippen LogP contribution in [0, 0.1) is 5.82 Å². The summed E-state index contributed by atoms with van der Waals surface area (Å²) in [6, 6.07) is 5.68. The van der Waals surface area contributed by atoms with Crippen LogP contribution >= 0.6 is 0 Å². The van der Waals surface area contributed by atoms with Crippen LogP contribution in [0.1, 0.15) is 18.5 Å². The lowest BCUT2D eigenvalue weighted by molar-refractivity contribution is -0.144. The van der Waals surface area contributed by atoms with Crippen LogP contribution in [0.25, 0.3) is 11.5 Å². The molecule has 0 aliphatic heterocycles. The summed E-state index contributed by atoms with van der Waals surface area (Å²) < 4.78 is 18.2. The third-order valence-corrected chi connectivity index (χ3v) is 3.59. The van der Waals surface area contributed by atoms with Gasteiger partial charge in [-0.15, -0.1) is 0 Å². The number of hydrogen-bond donors (Lipinski definition) is 1. The Morgan fingerprint density at radius 3 is 2.61 bits per heavy atom. The van der Waals surface area contributed by atoms with Crippen molar-refractivity contribution in [2.24, 2.45) is 0 Å². The molecule has 1 aliphatic rings. The lowest BCUT2D eigenvalue weighted by Crippen LogP contribution is -2.38. The molecular formula is C16H15FN2O4. The first-order valence-electron chi connectivity index (χ1n) is 7.24. The van der Waals surface area contributed by atoms with E-state index in [0.717, 1.165) is 12.8 Å². The lowest BCUT2D eigenvalue weighted by Gasteiger charge is -2.19. The number of halogens is 1. The van der Waals surface area contributed by atoms with E-state index in [-0.39, 0.29) is 30.7 Å². The summed E-state index contributed by atoms with van der Waals surface area (Å²) in [5, 5.41) is 8.89. The Morgan fingerprint density at radius 1 is 1.30 bits per heavy atom. The number of nitrogens with zero attached hydrogens (tertiary/aromatic N) is 2. The highest BCUT2D eigenvalue weighted by atomic mass is 19.1. The molecule has 0 unspecified atom stereocenters. The molecule has 1 aliphatic carbocycles. The molecular weight excluding hydrogens is 303 g/mol. The van der Waals surface area contributed by atoms with Crippen LogP contribution < -0.4 is 0 Å². The van der Waals surface area contributed by atoms with Gasteiger partial charge in [-0.05, 0) is 37.1 Å². The zero-order valence-electron chi connectivity index (χ0n) is 12.2. The average Bonchev–Trinajstić information content (AvgIpc) is 3.25. The first-order chi connectivity index (χ1) is 11.0. The molecule has 120 valence electrons. The average molecular weight is 318 g/mol. The number of carboxylic acids is 1. The molecule has 0 bridgehead atoms. The SMILES string of the molecule is O=C(O)CN(C(=O)Cc1coc(-c2ccc(F)cc2)n1)C1CC1. The Hall–Kier alpha value is -2.70. The van der Waals surface area contributed by atoms with Crippen molar-refractivity contribution in [2.45, 2.75) is 25.3 Å². The van der Waals surface area contributed by atoms with E-state index < -0.39 is 5.97 Å². The molecule has 0 atom stereocenters. The highest BCUT2D eigenvalue weighted by Crippen LogP contribution is 2.27. The summed E-state index contributed by atoms with van der Waals surface area (Å²) in [7, 11) is 0. The van der Waals surface area contributed by atoms with E-state index in [1.807, 2.05) is 0 Å². The third-order valence-electron chi connectivity index (χ3n) is 3.59. The summed E-state index contributed by atoms with van der Waals surface area (Å²) in [6.07, 6.45) is 3.01. The Morgan fingerprint density at radius 2 is 2.00 bits per heavy atom. The fourth-order valence-electron chi connectivity index (χ4n) is 2.32. The summed E-state index contributed by atoms with van der Waals surface area (Å²) in [4.78, 5) is 28.7. The van der Waals surface area contributed by atoms with E-state index in [4.69, 9.17) is 9.52 Å². The molecule has 7 heteroatoms. The molecule has 2 aromatic rings. The van der Waals surface area contributed by atoms with Crippen LogP contribution in [0.4, 0.5) is 4.39 Å². The topological polar surface area (TPSA) is 83.6 Å². The monoisotopic (exact) mass is 318 g/mol. The second-order valence-electron chi connectivity index (χ2n) is 5.47. The van der Waals surface area contributed by atoms with Crippen molar-refractivity contribution in [3.8, 4) is 11.5 Å². The van der Waals surface area contributed by atoms with Gasteiger partial charge in [-0.25, -0.2) is 9.37 Å². The van der Waals surface area contributed by atoms with Crippen molar-refractivity contribution in [2.75, 3.05) is 6.54 Å². The number of carbonyl (C=O) groups is 2. The van der Waals surface area contributed by atoms with Gasteiger partial charge in [-0.1, -0.05) is 0 Å². The molecule has 1 N–H and O–H groups in total. The van der Waals surface area contributed by atoms with E-state index in [0.29, 0.717) is 17.1 Å². The van der Waals surface area contributed by atoms with Gasteiger partial charge in [-0.2, -0.15) is 0 Å². The van der Waals surface area contributed by atoms with Crippen molar-refractivity contribution >= 4 is 11.9 Å². The van der Waals surface area contributed by atoms with Crippen LogP contribution in [0.5, 0.6) is 0 Å². The van der Waals surface area contributed by atoms with E-state index in [1.165, 1.54) is 35.4 Å². The predicted molar refractivity (Wildman–Crippen MR) is 78.0 cm³/mol. The van der Waals surface area contributed by atoms with Gasteiger partial charge in [0.05, 0.1) is 12.1 Å². The van der Waals surface area contributed by atoms with Crippen LogP contribution in [-0.2, 0) is 16.0 Å². The maximum absolute atomic E-state index is 12.9. The first kappa shape index (κ1) is 15.2. The molecule has 1 aromatic heterocycles. The van der Waals surface area contributed by atoms with E-state index in [1.54, 1.807) is 0 Å². The Bertz CT molecular complexity index is 722. The van der Waals surface area contributed by atoms with Gasteiger partial charge in [0.2, 0.25) is 11.8 Å². The highest BCUT2D eigenvalue weighted by molar-refractivity contribution is 5.83. The van der Waals surface area contributed by atoms with Crippen molar-refractivity contribution in [3.05, 3.63) is 42.0 Å². The fourth-order valence-corrected chi connectivity index (χ4v) is 2.32. The minimum absolute atomic E-state index is 0.0158. The molecule has 3 rings (SSSR count).